The van der Waals surface area contributed by atoms with Gasteiger partial charge in [-0.25, -0.2) is 0 Å². The van der Waals surface area contributed by atoms with Gasteiger partial charge in [0.15, 0.2) is 0 Å². The van der Waals surface area contributed by atoms with Gasteiger partial charge in [0.1, 0.15) is 0 Å². The monoisotopic (exact) mass is 714 g/mol. The first-order valence-corrected chi connectivity index (χ1v) is 21.3. The number of piperidine rings is 1. The summed E-state index contributed by atoms with van der Waals surface area (Å²) in [4.78, 5) is 36.5. The molecule has 1 heterocycles. The Kier molecular flexibility index (Phi) is 13.9. The zero-order valence-electron chi connectivity index (χ0n) is 27.4. The molecule has 3 aliphatic rings. The molecule has 1 fully saturated rings. The molecule has 5 unspecified atom stereocenters. The van der Waals surface area contributed by atoms with Crippen molar-refractivity contribution in [1.82, 2.24) is 5.06 Å². The lowest BCUT2D eigenvalue weighted by atomic mass is 9.77. The second-order valence-electron chi connectivity index (χ2n) is 14.0. The van der Waals surface area contributed by atoms with Crippen LogP contribution in [-0.2, 0) is 43.6 Å². The predicted octanol–water partition coefficient (Wildman–Crippen LogP) is 3.91. The highest BCUT2D eigenvalue weighted by Gasteiger charge is 2.40. The van der Waals surface area contributed by atoms with E-state index in [0.29, 0.717) is 37.4 Å². The molecule has 0 aromatic heterocycles. The molecule has 5 atom stereocenters. The average molecular weight is 715 g/mol. The highest BCUT2D eigenvalue weighted by atomic mass is 32.2. The van der Waals surface area contributed by atoms with Crippen LogP contribution in [0.15, 0.2) is 59.0 Å². The van der Waals surface area contributed by atoms with Gasteiger partial charge in [0.2, 0.25) is 0 Å². The number of hydrogen-bond acceptors (Lipinski definition) is 10. The number of allylic oxidation sites excluding steroid dienone is 8. The van der Waals surface area contributed by atoms with Crippen LogP contribution in [0.2, 0.25) is 0 Å². The van der Waals surface area contributed by atoms with E-state index in [1.165, 1.54) is 12.2 Å². The minimum absolute atomic E-state index is 0.0602. The summed E-state index contributed by atoms with van der Waals surface area (Å²) in [6, 6.07) is 0. The van der Waals surface area contributed by atoms with Crippen LogP contribution in [-0.4, -0.2) is 74.5 Å². The molecule has 0 spiro atoms. The summed E-state index contributed by atoms with van der Waals surface area (Å²) in [5.41, 5.74) is 0.127. The highest BCUT2D eigenvalue weighted by Crippen LogP contribution is 2.35. The summed E-state index contributed by atoms with van der Waals surface area (Å²) in [6.45, 7) is 14.6. The van der Waals surface area contributed by atoms with Gasteiger partial charge in [-0.1, -0.05) is 88.7 Å². The van der Waals surface area contributed by atoms with Crippen LogP contribution in [0.25, 0.3) is 0 Å². The Morgan fingerprint density at radius 2 is 1.74 bits per heavy atom. The van der Waals surface area contributed by atoms with Crippen LogP contribution in [0.3, 0.4) is 0 Å². The Balaban J connectivity index is 1.75. The van der Waals surface area contributed by atoms with Crippen molar-refractivity contribution in [2.24, 2.45) is 10.8 Å². The Hall–Kier alpha value is -1.83. The van der Waals surface area contributed by atoms with Crippen LogP contribution >= 0.6 is 0 Å². The van der Waals surface area contributed by atoms with Gasteiger partial charge in [-0.05, 0) is 72.6 Å². The van der Waals surface area contributed by atoms with Gasteiger partial charge in [0, 0.05) is 23.9 Å². The summed E-state index contributed by atoms with van der Waals surface area (Å²) >= 11 is -2.17. The Bertz CT molecular complexity index is 1400. The predicted molar refractivity (Wildman–Crippen MR) is 180 cm³/mol. The molecule has 258 valence electrons. The molecule has 0 saturated carbocycles. The first-order chi connectivity index (χ1) is 21.4. The van der Waals surface area contributed by atoms with Crippen molar-refractivity contribution in [3.63, 3.8) is 0 Å². The summed E-state index contributed by atoms with van der Waals surface area (Å²) in [5, 5.41) is 0.448. The van der Waals surface area contributed by atoms with Gasteiger partial charge < -0.3 is 17.9 Å². The topological polar surface area (TPSA) is 160 Å². The van der Waals surface area contributed by atoms with Crippen LogP contribution in [0.1, 0.15) is 92.4 Å². The molecule has 0 bridgehead atoms. The summed E-state index contributed by atoms with van der Waals surface area (Å²) in [7, 11) is -9.91. The molecule has 15 heteroatoms. The molecule has 3 rings (SSSR count). The Labute approximate surface area is 279 Å². The molecule has 2 aliphatic carbocycles. The van der Waals surface area contributed by atoms with Crippen molar-refractivity contribution in [1.29, 1.82) is 0 Å². The van der Waals surface area contributed by atoms with Gasteiger partial charge in [0.25, 0.3) is 21.9 Å². The SMILES string of the molecule is C=CC=CC=C1CCC(=O)N(OS(=O)(=O)C2CC=C([SiH](OCC(C)(C)CC(C)(C)C)O[SiH](O)C3=CCC(S(=O)[O-])CC3)CC2)C1=O. The van der Waals surface area contributed by atoms with E-state index in [-0.39, 0.29) is 42.1 Å². The van der Waals surface area contributed by atoms with Crippen molar-refractivity contribution in [2.75, 3.05) is 6.61 Å². The molecule has 1 saturated heterocycles. The lowest BCUT2D eigenvalue weighted by Crippen LogP contribution is -2.45. The number of amides is 2. The summed E-state index contributed by atoms with van der Waals surface area (Å²) < 4.78 is 67.1. The first kappa shape index (κ1) is 38.6. The van der Waals surface area contributed by atoms with Gasteiger partial charge in [-0.2, -0.15) is 8.42 Å². The van der Waals surface area contributed by atoms with E-state index in [9.17, 15) is 31.6 Å². The highest BCUT2D eigenvalue weighted by molar-refractivity contribution is 7.87. The number of nitrogens with zero attached hydrogens (tertiary/aromatic N) is 1. The van der Waals surface area contributed by atoms with E-state index >= 15 is 0 Å². The molecular formula is C31H48NO10S2Si2-. The minimum atomic E-state index is -4.34. The number of carbonyl (C=O) groups excluding carboxylic acids is 2. The Morgan fingerprint density at radius 3 is 2.30 bits per heavy atom. The fourth-order valence-corrected chi connectivity index (χ4v) is 12.8. The van der Waals surface area contributed by atoms with E-state index < -0.39 is 62.1 Å². The maximum atomic E-state index is 13.3. The quantitative estimate of drug-likeness (QED) is 0.0919. The molecule has 11 nitrogen and oxygen atoms in total. The summed E-state index contributed by atoms with van der Waals surface area (Å²) in [5.74, 6) is -1.53. The van der Waals surface area contributed by atoms with Crippen LogP contribution in [0, 0.1) is 10.8 Å². The average Bonchev–Trinajstić information content (AvgIpc) is 2.97. The minimum Gasteiger partial charge on any atom is -0.772 e. The fraction of sp³-hybridized carbons (Fsp3) is 0.613. The van der Waals surface area contributed by atoms with Crippen molar-refractivity contribution >= 4 is 51.6 Å². The number of carbonyl (C=O) groups is 2. The van der Waals surface area contributed by atoms with Gasteiger partial charge in [-0.15, -0.1) is 9.35 Å². The van der Waals surface area contributed by atoms with Crippen molar-refractivity contribution in [2.45, 2.75) is 103 Å². The third-order valence-electron chi connectivity index (χ3n) is 8.00. The third kappa shape index (κ3) is 11.4. The number of hydrogen-bond donors (Lipinski definition) is 1. The zero-order valence-corrected chi connectivity index (χ0v) is 31.4. The maximum absolute atomic E-state index is 13.3. The van der Waals surface area contributed by atoms with E-state index in [1.54, 1.807) is 24.3 Å². The molecule has 46 heavy (non-hydrogen) atoms. The normalized spacial score (nSPS) is 24.9. The first-order valence-electron chi connectivity index (χ1n) is 15.6. The van der Waals surface area contributed by atoms with Crippen LogP contribution in [0.4, 0.5) is 0 Å². The van der Waals surface area contributed by atoms with Gasteiger partial charge >= 0.3 is 18.6 Å². The van der Waals surface area contributed by atoms with Crippen molar-refractivity contribution in [3.05, 3.63) is 59.0 Å². The van der Waals surface area contributed by atoms with Crippen LogP contribution in [0.5, 0.6) is 0 Å². The lowest BCUT2D eigenvalue weighted by Gasteiger charge is -2.35. The molecule has 1 aliphatic heterocycles. The van der Waals surface area contributed by atoms with E-state index in [0.717, 1.165) is 16.8 Å². The molecule has 0 aromatic carbocycles. The molecular weight excluding hydrogens is 667 g/mol. The van der Waals surface area contributed by atoms with Gasteiger partial charge in [-0.3, -0.25) is 13.8 Å². The molecule has 0 radical (unpaired) electrons. The van der Waals surface area contributed by atoms with Gasteiger partial charge in [0.05, 0.1) is 5.25 Å². The zero-order chi connectivity index (χ0) is 34.3. The molecule has 0 aromatic rings. The lowest BCUT2D eigenvalue weighted by molar-refractivity contribution is -0.171. The largest absolute Gasteiger partial charge is 0.772 e. The number of hydroxylamine groups is 2. The third-order valence-corrected chi connectivity index (χ3v) is 15.4. The molecule has 1 N–H and O–H groups in total. The van der Waals surface area contributed by atoms with E-state index in [2.05, 4.69) is 41.2 Å². The summed E-state index contributed by atoms with van der Waals surface area (Å²) in [6.07, 6.45) is 12.5. The van der Waals surface area contributed by atoms with Crippen LogP contribution < -0.4 is 0 Å². The Morgan fingerprint density at radius 1 is 1.07 bits per heavy atom. The second-order valence-corrected chi connectivity index (χ2v) is 21.3. The fourth-order valence-electron chi connectivity index (χ4n) is 6.10. The molecule has 2 amide bonds. The van der Waals surface area contributed by atoms with Crippen molar-refractivity contribution < 1.29 is 44.4 Å². The van der Waals surface area contributed by atoms with E-state index in [4.69, 9.17) is 12.8 Å². The second kappa shape index (κ2) is 16.5. The number of rotatable bonds is 14. The van der Waals surface area contributed by atoms with E-state index in [1.807, 2.05) is 0 Å². The standard InChI is InChI=1S/C31H49NO10S2Si2/c1-7-8-9-10-23-11-20-28(33)32(29(23)34)41-44(37,38)25-14-18-27(19-15-25)46(40-22-31(5,6)21-30(2,3)4)42-45(39)26-16-12-24(13-17-26)43(35)36/h7-10,16,18,24-25,39,45-46H,1,11-15,17,19-22H2,2-6H3,(H,35,36)/p-1. The van der Waals surface area contributed by atoms with Crippen molar-refractivity contribution in [3.8, 4) is 0 Å². The maximum Gasteiger partial charge on any atom is 0.342 e. The smallest absolute Gasteiger partial charge is 0.342 e. The number of imide groups is 1.